The lowest BCUT2D eigenvalue weighted by molar-refractivity contribution is -0.145. The third-order valence-corrected chi connectivity index (χ3v) is 4.09. The predicted molar refractivity (Wildman–Crippen MR) is 79.8 cm³/mol. The van der Waals surface area contributed by atoms with Gasteiger partial charge in [0.05, 0.1) is 6.61 Å². The van der Waals surface area contributed by atoms with Crippen LogP contribution in [0, 0.1) is 12.8 Å². The summed E-state index contributed by atoms with van der Waals surface area (Å²) in [5.74, 6) is 0.643. The van der Waals surface area contributed by atoms with Crippen molar-refractivity contribution in [2.45, 2.75) is 83.5 Å². The molecular weight excluding hydrogens is 236 g/mol. The highest BCUT2D eigenvalue weighted by Crippen LogP contribution is 2.23. The van der Waals surface area contributed by atoms with Crippen molar-refractivity contribution < 1.29 is 9.53 Å². The molecule has 0 aliphatic heterocycles. The lowest BCUT2D eigenvalue weighted by Gasteiger charge is -2.14. The second-order valence-corrected chi connectivity index (χ2v) is 5.91. The number of hydrogen-bond donors (Lipinski definition) is 0. The summed E-state index contributed by atoms with van der Waals surface area (Å²) < 4.78 is 5.42. The van der Waals surface area contributed by atoms with E-state index >= 15 is 0 Å². The lowest BCUT2D eigenvalue weighted by Crippen LogP contribution is -2.13. The maximum atomic E-state index is 11.6. The largest absolute Gasteiger partial charge is 0.465 e. The maximum Gasteiger partial charge on any atom is 0.305 e. The van der Waals surface area contributed by atoms with Crippen LogP contribution >= 0.6 is 0 Å². The molecule has 19 heavy (non-hydrogen) atoms. The normalized spacial score (nSPS) is 17.1. The van der Waals surface area contributed by atoms with Gasteiger partial charge < -0.3 is 4.74 Å². The first-order valence-corrected chi connectivity index (χ1v) is 8.28. The van der Waals surface area contributed by atoms with E-state index < -0.39 is 0 Å². The Morgan fingerprint density at radius 2 is 1.58 bits per heavy atom. The molecule has 2 nitrogen and oxygen atoms in total. The SMILES string of the molecule is [CH2]CCCCCCCC(=O)OCC1CCCCCC1. The summed E-state index contributed by atoms with van der Waals surface area (Å²) in [7, 11) is 0. The molecule has 0 atom stereocenters. The van der Waals surface area contributed by atoms with Crippen LogP contribution in [-0.2, 0) is 9.53 Å². The summed E-state index contributed by atoms with van der Waals surface area (Å²) in [6, 6.07) is 0. The molecule has 2 heteroatoms. The van der Waals surface area contributed by atoms with Crippen molar-refractivity contribution in [3.8, 4) is 0 Å². The van der Waals surface area contributed by atoms with E-state index in [2.05, 4.69) is 6.92 Å². The smallest absolute Gasteiger partial charge is 0.305 e. The molecule has 0 aromatic heterocycles. The van der Waals surface area contributed by atoms with Gasteiger partial charge in [-0.25, -0.2) is 0 Å². The van der Waals surface area contributed by atoms with E-state index in [0.717, 1.165) is 19.3 Å². The van der Waals surface area contributed by atoms with Crippen molar-refractivity contribution in [1.82, 2.24) is 0 Å². The lowest BCUT2D eigenvalue weighted by atomic mass is 10.0. The van der Waals surface area contributed by atoms with Crippen LogP contribution in [0.25, 0.3) is 0 Å². The van der Waals surface area contributed by atoms with Crippen LogP contribution in [0.1, 0.15) is 83.5 Å². The van der Waals surface area contributed by atoms with E-state index in [9.17, 15) is 4.79 Å². The minimum absolute atomic E-state index is 0.0152. The number of unbranched alkanes of at least 4 members (excludes halogenated alkanes) is 5. The van der Waals surface area contributed by atoms with Crippen LogP contribution in [-0.4, -0.2) is 12.6 Å². The van der Waals surface area contributed by atoms with Crippen LogP contribution < -0.4 is 0 Å². The van der Waals surface area contributed by atoms with E-state index in [1.165, 1.54) is 57.8 Å². The highest BCUT2D eigenvalue weighted by Gasteiger charge is 2.14. The Hall–Kier alpha value is -0.530. The summed E-state index contributed by atoms with van der Waals surface area (Å²) in [5, 5.41) is 0. The molecule has 0 heterocycles. The van der Waals surface area contributed by atoms with E-state index in [4.69, 9.17) is 4.74 Å². The van der Waals surface area contributed by atoms with Gasteiger partial charge in [0, 0.05) is 6.42 Å². The average Bonchev–Trinajstić information content (AvgIpc) is 2.69. The molecule has 0 amide bonds. The van der Waals surface area contributed by atoms with Crippen LogP contribution in [0.5, 0.6) is 0 Å². The molecule has 111 valence electrons. The van der Waals surface area contributed by atoms with E-state index in [-0.39, 0.29) is 5.97 Å². The molecule has 0 aromatic carbocycles. The third-order valence-electron chi connectivity index (χ3n) is 4.09. The summed E-state index contributed by atoms with van der Waals surface area (Å²) >= 11 is 0. The van der Waals surface area contributed by atoms with Gasteiger partial charge in [0.2, 0.25) is 0 Å². The van der Waals surface area contributed by atoms with E-state index in [1.807, 2.05) is 0 Å². The van der Waals surface area contributed by atoms with Gasteiger partial charge in [0.1, 0.15) is 0 Å². The zero-order chi connectivity index (χ0) is 13.8. The van der Waals surface area contributed by atoms with E-state index in [1.54, 1.807) is 0 Å². The van der Waals surface area contributed by atoms with Gasteiger partial charge in [-0.05, 0) is 25.2 Å². The Morgan fingerprint density at radius 1 is 0.947 bits per heavy atom. The second-order valence-electron chi connectivity index (χ2n) is 5.91. The third kappa shape index (κ3) is 9.07. The van der Waals surface area contributed by atoms with Crippen molar-refractivity contribution in [2.75, 3.05) is 6.61 Å². The molecule has 0 saturated heterocycles. The first-order valence-electron chi connectivity index (χ1n) is 8.28. The first-order chi connectivity index (χ1) is 9.33. The van der Waals surface area contributed by atoms with Gasteiger partial charge in [-0.15, -0.1) is 0 Å². The minimum Gasteiger partial charge on any atom is -0.465 e. The fraction of sp³-hybridized carbons (Fsp3) is 0.882. The minimum atomic E-state index is 0.0152. The van der Waals surface area contributed by atoms with Crippen LogP contribution in [0.2, 0.25) is 0 Å². The van der Waals surface area contributed by atoms with Crippen molar-refractivity contribution in [3.05, 3.63) is 6.92 Å². The number of esters is 1. The Morgan fingerprint density at radius 3 is 2.26 bits per heavy atom. The molecule has 0 spiro atoms. The first kappa shape index (κ1) is 16.5. The van der Waals surface area contributed by atoms with Gasteiger partial charge in [-0.2, -0.15) is 0 Å². The molecular formula is C17H31O2. The number of ether oxygens (including phenoxy) is 1. The van der Waals surface area contributed by atoms with Crippen molar-refractivity contribution in [1.29, 1.82) is 0 Å². The second kappa shape index (κ2) is 11.3. The summed E-state index contributed by atoms with van der Waals surface area (Å²) in [6.07, 6.45) is 15.3. The summed E-state index contributed by atoms with van der Waals surface area (Å²) in [4.78, 5) is 11.6. The Kier molecular flexibility index (Phi) is 9.84. The molecule has 0 aromatic rings. The number of carbonyl (C=O) groups excluding carboxylic acids is 1. The Balaban J connectivity index is 1.95. The fourth-order valence-electron chi connectivity index (χ4n) is 2.79. The molecule has 0 unspecified atom stereocenters. The van der Waals surface area contributed by atoms with E-state index in [0.29, 0.717) is 18.9 Å². The highest BCUT2D eigenvalue weighted by atomic mass is 16.5. The zero-order valence-electron chi connectivity index (χ0n) is 12.5. The van der Waals surface area contributed by atoms with Gasteiger partial charge in [0.25, 0.3) is 0 Å². The molecule has 1 radical (unpaired) electrons. The number of rotatable bonds is 9. The Labute approximate surface area is 119 Å². The monoisotopic (exact) mass is 267 g/mol. The molecule has 1 fully saturated rings. The Bertz CT molecular complexity index is 217. The molecule has 0 bridgehead atoms. The van der Waals surface area contributed by atoms with Crippen LogP contribution in [0.4, 0.5) is 0 Å². The van der Waals surface area contributed by atoms with Crippen LogP contribution in [0.3, 0.4) is 0 Å². The van der Waals surface area contributed by atoms with Crippen molar-refractivity contribution in [2.24, 2.45) is 5.92 Å². The maximum absolute atomic E-state index is 11.6. The van der Waals surface area contributed by atoms with Gasteiger partial charge in [-0.3, -0.25) is 4.79 Å². The fourth-order valence-corrected chi connectivity index (χ4v) is 2.79. The number of hydrogen-bond acceptors (Lipinski definition) is 2. The quantitative estimate of drug-likeness (QED) is 0.331. The summed E-state index contributed by atoms with van der Waals surface area (Å²) in [5.41, 5.74) is 0. The van der Waals surface area contributed by atoms with Crippen LogP contribution in [0.15, 0.2) is 0 Å². The van der Waals surface area contributed by atoms with Crippen molar-refractivity contribution >= 4 is 5.97 Å². The standard InChI is InChI=1S/C17H31O2/c1-2-3-4-5-6-11-14-17(18)19-15-16-12-9-7-8-10-13-16/h16H,1-15H2. The van der Waals surface area contributed by atoms with Crippen molar-refractivity contribution in [3.63, 3.8) is 0 Å². The number of carbonyl (C=O) groups is 1. The van der Waals surface area contributed by atoms with Gasteiger partial charge in [-0.1, -0.05) is 64.7 Å². The molecule has 1 aliphatic carbocycles. The zero-order valence-corrected chi connectivity index (χ0v) is 12.5. The predicted octanol–water partition coefficient (Wildman–Crippen LogP) is 5.06. The molecule has 1 aliphatic rings. The van der Waals surface area contributed by atoms with Gasteiger partial charge in [0.15, 0.2) is 0 Å². The summed E-state index contributed by atoms with van der Waals surface area (Å²) in [6.45, 7) is 4.50. The average molecular weight is 267 g/mol. The highest BCUT2D eigenvalue weighted by molar-refractivity contribution is 5.69. The molecule has 1 rings (SSSR count). The topological polar surface area (TPSA) is 26.3 Å². The molecule has 0 N–H and O–H groups in total. The molecule has 1 saturated carbocycles. The van der Waals surface area contributed by atoms with Gasteiger partial charge >= 0.3 is 5.97 Å².